The van der Waals surface area contributed by atoms with Gasteiger partial charge in [-0.1, -0.05) is 35.9 Å². The first kappa shape index (κ1) is 13.1. The van der Waals surface area contributed by atoms with E-state index in [-0.39, 0.29) is 5.82 Å². The molecule has 2 aromatic rings. The van der Waals surface area contributed by atoms with E-state index in [0.29, 0.717) is 5.02 Å². The summed E-state index contributed by atoms with van der Waals surface area (Å²) in [5.74, 6) is -0.310. The van der Waals surface area contributed by atoms with Crippen molar-refractivity contribution in [1.29, 1.82) is 0 Å². The fourth-order valence-electron chi connectivity index (χ4n) is 1.89. The molecule has 3 heteroatoms. The zero-order valence-electron chi connectivity index (χ0n) is 10.2. The molecule has 0 saturated carbocycles. The van der Waals surface area contributed by atoms with Crippen molar-refractivity contribution < 1.29 is 4.39 Å². The summed E-state index contributed by atoms with van der Waals surface area (Å²) in [7, 11) is 1.93. The van der Waals surface area contributed by atoms with Gasteiger partial charge in [0, 0.05) is 5.56 Å². The van der Waals surface area contributed by atoms with Crippen LogP contribution < -0.4 is 5.32 Å². The summed E-state index contributed by atoms with van der Waals surface area (Å²) in [5, 5.41) is 3.56. The fraction of sp³-hybridized carbons (Fsp3) is 0.200. The third-order valence-electron chi connectivity index (χ3n) is 2.83. The Hall–Kier alpha value is -1.38. The fourth-order valence-corrected chi connectivity index (χ4v) is 2.16. The first-order valence-corrected chi connectivity index (χ1v) is 6.27. The number of benzene rings is 2. The Kier molecular flexibility index (Phi) is 4.34. The summed E-state index contributed by atoms with van der Waals surface area (Å²) >= 11 is 6.07. The predicted octanol–water partition coefficient (Wildman–Crippen LogP) is 3.91. The van der Waals surface area contributed by atoms with Crippen LogP contribution in [0.3, 0.4) is 0 Å². The maximum Gasteiger partial charge on any atom is 0.124 e. The van der Waals surface area contributed by atoms with E-state index in [4.69, 9.17) is 11.6 Å². The average molecular weight is 264 g/mol. The quantitative estimate of drug-likeness (QED) is 0.882. The van der Waals surface area contributed by atoms with Crippen molar-refractivity contribution in [2.24, 2.45) is 0 Å². The Morgan fingerprint density at radius 2 is 2.00 bits per heavy atom. The standard InChI is InChI=1S/C15H15ClFN/c1-18-8-7-11-3-2-4-12(9-11)14-6-5-13(17)10-15(14)16/h2-6,9-10,18H,7-8H2,1H3. The molecule has 0 spiro atoms. The van der Waals surface area contributed by atoms with Gasteiger partial charge in [-0.15, -0.1) is 0 Å². The van der Waals surface area contributed by atoms with E-state index in [1.165, 1.54) is 17.7 Å². The highest BCUT2D eigenvalue weighted by Gasteiger charge is 2.05. The lowest BCUT2D eigenvalue weighted by Gasteiger charge is -2.07. The highest BCUT2D eigenvalue weighted by Crippen LogP contribution is 2.29. The molecular formula is C15H15ClFN. The number of likely N-dealkylation sites (N-methyl/N-ethyl adjacent to an activating group) is 1. The number of hydrogen-bond donors (Lipinski definition) is 1. The largest absolute Gasteiger partial charge is 0.319 e. The van der Waals surface area contributed by atoms with Crippen LogP contribution in [0.1, 0.15) is 5.56 Å². The lowest BCUT2D eigenvalue weighted by Crippen LogP contribution is -2.10. The third kappa shape index (κ3) is 3.09. The molecular weight excluding hydrogens is 249 g/mol. The van der Waals surface area contributed by atoms with Crippen LogP contribution in [-0.2, 0) is 6.42 Å². The number of hydrogen-bond acceptors (Lipinski definition) is 1. The van der Waals surface area contributed by atoms with Crippen molar-refractivity contribution in [3.63, 3.8) is 0 Å². The maximum atomic E-state index is 13.0. The molecule has 0 aliphatic heterocycles. The van der Waals surface area contributed by atoms with E-state index in [2.05, 4.69) is 17.4 Å². The highest BCUT2D eigenvalue weighted by atomic mass is 35.5. The molecule has 0 bridgehead atoms. The molecule has 2 aromatic carbocycles. The lowest BCUT2D eigenvalue weighted by atomic mass is 10.0. The molecule has 0 aliphatic carbocycles. The number of halogens is 2. The molecule has 18 heavy (non-hydrogen) atoms. The van der Waals surface area contributed by atoms with Crippen LogP contribution in [0.2, 0.25) is 5.02 Å². The first-order chi connectivity index (χ1) is 8.70. The van der Waals surface area contributed by atoms with Crippen molar-refractivity contribution in [1.82, 2.24) is 5.32 Å². The second-order valence-corrected chi connectivity index (χ2v) is 4.59. The van der Waals surface area contributed by atoms with Crippen LogP contribution in [0.15, 0.2) is 42.5 Å². The first-order valence-electron chi connectivity index (χ1n) is 5.89. The van der Waals surface area contributed by atoms with Crippen molar-refractivity contribution in [2.75, 3.05) is 13.6 Å². The molecule has 0 fully saturated rings. The predicted molar refractivity (Wildman–Crippen MR) is 74.5 cm³/mol. The zero-order valence-corrected chi connectivity index (χ0v) is 11.0. The minimum Gasteiger partial charge on any atom is -0.319 e. The molecule has 0 aliphatic rings. The van der Waals surface area contributed by atoms with Gasteiger partial charge in [0.25, 0.3) is 0 Å². The van der Waals surface area contributed by atoms with Gasteiger partial charge in [-0.25, -0.2) is 4.39 Å². The minimum absolute atomic E-state index is 0.310. The van der Waals surface area contributed by atoms with Crippen LogP contribution in [0.5, 0.6) is 0 Å². The van der Waals surface area contributed by atoms with Crippen molar-refractivity contribution >= 4 is 11.6 Å². The zero-order chi connectivity index (χ0) is 13.0. The summed E-state index contributed by atoms with van der Waals surface area (Å²) < 4.78 is 13.0. The van der Waals surface area contributed by atoms with Crippen LogP contribution >= 0.6 is 11.6 Å². The van der Waals surface area contributed by atoms with Gasteiger partial charge >= 0.3 is 0 Å². The van der Waals surface area contributed by atoms with Crippen LogP contribution in [0.25, 0.3) is 11.1 Å². The van der Waals surface area contributed by atoms with Gasteiger partial charge < -0.3 is 5.32 Å². The number of nitrogens with one attached hydrogen (secondary N) is 1. The SMILES string of the molecule is CNCCc1cccc(-c2ccc(F)cc2Cl)c1. The summed E-state index contributed by atoms with van der Waals surface area (Å²) in [4.78, 5) is 0. The van der Waals surface area contributed by atoms with Gasteiger partial charge in [0.1, 0.15) is 5.82 Å². The molecule has 0 aromatic heterocycles. The lowest BCUT2D eigenvalue weighted by molar-refractivity contribution is 0.628. The Morgan fingerprint density at radius 1 is 1.17 bits per heavy atom. The summed E-state index contributed by atoms with van der Waals surface area (Å²) in [6.45, 7) is 0.931. The second-order valence-electron chi connectivity index (χ2n) is 4.18. The smallest absolute Gasteiger partial charge is 0.124 e. The Balaban J connectivity index is 2.32. The molecule has 0 amide bonds. The van der Waals surface area contributed by atoms with E-state index in [1.54, 1.807) is 6.07 Å². The van der Waals surface area contributed by atoms with E-state index in [0.717, 1.165) is 24.1 Å². The van der Waals surface area contributed by atoms with Crippen molar-refractivity contribution in [3.05, 3.63) is 58.9 Å². The molecule has 94 valence electrons. The average Bonchev–Trinajstić information content (AvgIpc) is 2.36. The Bertz CT molecular complexity index is 540. The van der Waals surface area contributed by atoms with Gasteiger partial charge in [-0.3, -0.25) is 0 Å². The minimum atomic E-state index is -0.310. The second kappa shape index (κ2) is 5.98. The molecule has 0 atom stereocenters. The molecule has 0 unspecified atom stereocenters. The Labute approximate surface area is 112 Å². The Morgan fingerprint density at radius 3 is 2.72 bits per heavy atom. The van der Waals surface area contributed by atoms with Crippen molar-refractivity contribution in [2.45, 2.75) is 6.42 Å². The van der Waals surface area contributed by atoms with E-state index < -0.39 is 0 Å². The third-order valence-corrected chi connectivity index (χ3v) is 3.15. The van der Waals surface area contributed by atoms with Gasteiger partial charge in [0.05, 0.1) is 5.02 Å². The van der Waals surface area contributed by atoms with Crippen molar-refractivity contribution in [3.8, 4) is 11.1 Å². The summed E-state index contributed by atoms with van der Waals surface area (Å²) in [6, 6.07) is 12.7. The van der Waals surface area contributed by atoms with Gasteiger partial charge in [0.15, 0.2) is 0 Å². The van der Waals surface area contributed by atoms with E-state index >= 15 is 0 Å². The van der Waals surface area contributed by atoms with Crippen LogP contribution in [0.4, 0.5) is 4.39 Å². The molecule has 0 saturated heterocycles. The van der Waals surface area contributed by atoms with Gasteiger partial charge in [-0.2, -0.15) is 0 Å². The topological polar surface area (TPSA) is 12.0 Å². The van der Waals surface area contributed by atoms with Crippen LogP contribution in [-0.4, -0.2) is 13.6 Å². The van der Waals surface area contributed by atoms with Gasteiger partial charge in [0.2, 0.25) is 0 Å². The normalized spacial score (nSPS) is 10.6. The molecule has 1 nitrogen and oxygen atoms in total. The summed E-state index contributed by atoms with van der Waals surface area (Å²) in [5.41, 5.74) is 3.13. The molecule has 1 N–H and O–H groups in total. The van der Waals surface area contributed by atoms with E-state index in [1.807, 2.05) is 19.2 Å². The van der Waals surface area contributed by atoms with Crippen LogP contribution in [0, 0.1) is 5.82 Å². The monoisotopic (exact) mass is 263 g/mol. The summed E-state index contributed by atoms with van der Waals surface area (Å²) in [6.07, 6.45) is 0.961. The van der Waals surface area contributed by atoms with Gasteiger partial charge in [-0.05, 0) is 49.3 Å². The molecule has 2 rings (SSSR count). The maximum absolute atomic E-state index is 13.0. The number of rotatable bonds is 4. The van der Waals surface area contributed by atoms with E-state index in [9.17, 15) is 4.39 Å². The highest BCUT2D eigenvalue weighted by molar-refractivity contribution is 6.33. The molecule has 0 heterocycles. The molecule has 0 radical (unpaired) electrons.